The topological polar surface area (TPSA) is 117 Å². The quantitative estimate of drug-likeness (QED) is 0.500. The van der Waals surface area contributed by atoms with E-state index in [1.165, 1.54) is 0 Å². The molecule has 3 N–H and O–H groups in total. The molecule has 158 valence electrons. The normalized spacial score (nSPS) is 18.4. The van der Waals surface area contributed by atoms with E-state index in [-0.39, 0.29) is 51.7 Å². The highest BCUT2D eigenvalue weighted by Gasteiger charge is 2.41. The third-order valence-electron chi connectivity index (χ3n) is 5.73. The average molecular weight is 404 g/mol. The third kappa shape index (κ3) is 3.53. The number of hydrogen-bond donors (Lipinski definition) is 3. The highest BCUT2D eigenvalue weighted by Crippen LogP contribution is 2.48. The summed E-state index contributed by atoms with van der Waals surface area (Å²) in [6.07, 6.45) is -0.619. The summed E-state index contributed by atoms with van der Waals surface area (Å²) in [4.78, 5) is 25.3. The van der Waals surface area contributed by atoms with Gasteiger partial charge in [-0.05, 0) is 26.7 Å². The second-order valence-electron chi connectivity index (χ2n) is 8.32. The number of Topliss-reactive ketones (excluding diaryl/α,β-unsaturated/α-hetero) is 1. The molecule has 2 heterocycles. The molecule has 0 saturated carbocycles. The Hall–Kier alpha value is -2.38. The minimum Gasteiger partial charge on any atom is -0.506 e. The largest absolute Gasteiger partial charge is 0.506 e. The van der Waals surface area contributed by atoms with Gasteiger partial charge in [0.25, 0.3) is 0 Å². The molecule has 0 radical (unpaired) electrons. The van der Waals surface area contributed by atoms with Crippen molar-refractivity contribution in [2.24, 2.45) is 5.92 Å². The van der Waals surface area contributed by atoms with Crippen LogP contribution >= 0.6 is 0 Å². The van der Waals surface area contributed by atoms with Crippen molar-refractivity contribution in [2.45, 2.75) is 71.7 Å². The molecule has 1 aromatic carbocycles. The molecule has 29 heavy (non-hydrogen) atoms. The van der Waals surface area contributed by atoms with Crippen LogP contribution in [0, 0.1) is 5.92 Å². The monoisotopic (exact) mass is 404 g/mol. The number of aliphatic hydroxyl groups is 2. The lowest BCUT2D eigenvalue weighted by Gasteiger charge is -2.25. The first-order valence-corrected chi connectivity index (χ1v) is 9.97. The Morgan fingerprint density at radius 3 is 2.52 bits per heavy atom. The molecule has 1 unspecified atom stereocenters. The third-order valence-corrected chi connectivity index (χ3v) is 5.73. The lowest BCUT2D eigenvalue weighted by Crippen LogP contribution is -2.39. The molecule has 7 heteroatoms. The number of aromatic hydroxyl groups is 1. The van der Waals surface area contributed by atoms with Crippen LogP contribution in [0.4, 0.5) is 0 Å². The van der Waals surface area contributed by atoms with Gasteiger partial charge in [-0.15, -0.1) is 0 Å². The lowest BCUT2D eigenvalue weighted by atomic mass is 9.89. The highest BCUT2D eigenvalue weighted by molar-refractivity contribution is 6.09. The SMILES string of the molecule is CC[C@H](C)C(=O)c1c2c(c3oc(=O)cc([C@@H](O)CC)c3c1O)CC(C(C)(C)O)O2. The molecule has 0 fully saturated rings. The molecule has 1 aromatic heterocycles. The number of ether oxygens (including phenoxy) is 1. The van der Waals surface area contributed by atoms with E-state index in [0.29, 0.717) is 18.4 Å². The van der Waals surface area contributed by atoms with Gasteiger partial charge >= 0.3 is 5.63 Å². The van der Waals surface area contributed by atoms with Crippen LogP contribution in [0.1, 0.15) is 75.0 Å². The fraction of sp³-hybridized carbons (Fsp3) is 0.545. The summed E-state index contributed by atoms with van der Waals surface area (Å²) in [5.41, 5.74) is -1.15. The van der Waals surface area contributed by atoms with Crippen molar-refractivity contribution in [3.63, 3.8) is 0 Å². The maximum Gasteiger partial charge on any atom is 0.336 e. The standard InChI is InChI=1S/C22H28O7/c1-6-10(3)18(25)17-19(26)16-11(13(23)7-2)9-15(24)29-20(16)12-8-14(22(4,5)27)28-21(12)17/h9-10,13-14,23,26-27H,6-8H2,1-5H3/t10-,13-,14?/m0/s1. The van der Waals surface area contributed by atoms with Crippen LogP contribution in [0.3, 0.4) is 0 Å². The number of ketones is 1. The highest BCUT2D eigenvalue weighted by atomic mass is 16.5. The van der Waals surface area contributed by atoms with Crippen molar-refractivity contribution in [1.29, 1.82) is 0 Å². The van der Waals surface area contributed by atoms with Gasteiger partial charge in [-0.1, -0.05) is 20.8 Å². The Bertz CT molecular complexity index is 1010. The second-order valence-corrected chi connectivity index (χ2v) is 8.32. The zero-order valence-electron chi connectivity index (χ0n) is 17.4. The Labute approximate surface area is 168 Å². The minimum atomic E-state index is -1.22. The van der Waals surface area contributed by atoms with E-state index >= 15 is 0 Å². The van der Waals surface area contributed by atoms with Crippen molar-refractivity contribution in [3.05, 3.63) is 33.2 Å². The van der Waals surface area contributed by atoms with Crippen molar-refractivity contribution < 1.29 is 29.3 Å². The molecular formula is C22H28O7. The van der Waals surface area contributed by atoms with Crippen LogP contribution in [-0.2, 0) is 6.42 Å². The molecule has 0 saturated heterocycles. The maximum absolute atomic E-state index is 13.1. The maximum atomic E-state index is 13.1. The number of carbonyl (C=O) groups is 1. The van der Waals surface area contributed by atoms with Crippen molar-refractivity contribution >= 4 is 16.8 Å². The van der Waals surface area contributed by atoms with Crippen LogP contribution in [0.15, 0.2) is 15.3 Å². The van der Waals surface area contributed by atoms with Crippen LogP contribution < -0.4 is 10.4 Å². The molecule has 3 rings (SSSR count). The fourth-order valence-electron chi connectivity index (χ4n) is 3.68. The molecular weight excluding hydrogens is 376 g/mol. The first-order valence-electron chi connectivity index (χ1n) is 9.97. The van der Waals surface area contributed by atoms with Crippen LogP contribution in [0.2, 0.25) is 0 Å². The Morgan fingerprint density at radius 1 is 1.31 bits per heavy atom. The van der Waals surface area contributed by atoms with Gasteiger partial charge in [0, 0.05) is 29.5 Å². The number of phenolic OH excluding ortho intramolecular Hbond substituents is 1. The Kier molecular flexibility index (Phi) is 5.49. The van der Waals surface area contributed by atoms with E-state index < -0.39 is 23.4 Å². The molecule has 1 aliphatic heterocycles. The number of aliphatic hydroxyl groups excluding tert-OH is 1. The van der Waals surface area contributed by atoms with E-state index in [4.69, 9.17) is 9.15 Å². The summed E-state index contributed by atoms with van der Waals surface area (Å²) in [6, 6.07) is 1.14. The average Bonchev–Trinajstić information content (AvgIpc) is 3.11. The number of benzene rings is 1. The summed E-state index contributed by atoms with van der Waals surface area (Å²) in [6.45, 7) is 8.54. The number of rotatable bonds is 6. The van der Waals surface area contributed by atoms with Gasteiger partial charge < -0.3 is 24.5 Å². The molecule has 0 aliphatic carbocycles. The first-order chi connectivity index (χ1) is 13.5. The molecule has 7 nitrogen and oxygen atoms in total. The zero-order chi connectivity index (χ0) is 21.7. The van der Waals surface area contributed by atoms with Gasteiger partial charge in [0.05, 0.1) is 17.1 Å². The number of carbonyl (C=O) groups excluding carboxylic acids is 1. The summed E-state index contributed by atoms with van der Waals surface area (Å²) >= 11 is 0. The Morgan fingerprint density at radius 2 is 1.97 bits per heavy atom. The summed E-state index contributed by atoms with van der Waals surface area (Å²) in [5.74, 6) is -0.907. The van der Waals surface area contributed by atoms with E-state index in [1.54, 1.807) is 27.7 Å². The van der Waals surface area contributed by atoms with Gasteiger partial charge in [0.15, 0.2) is 5.78 Å². The molecule has 0 spiro atoms. The first kappa shape index (κ1) is 21.3. The van der Waals surface area contributed by atoms with Crippen molar-refractivity contribution in [1.82, 2.24) is 0 Å². The van der Waals surface area contributed by atoms with E-state index in [1.807, 2.05) is 6.92 Å². The predicted octanol–water partition coefficient (Wildman–Crippen LogP) is 3.25. The molecule has 2 aromatic rings. The van der Waals surface area contributed by atoms with E-state index in [0.717, 1.165) is 6.07 Å². The van der Waals surface area contributed by atoms with Gasteiger partial charge in [0.1, 0.15) is 28.7 Å². The van der Waals surface area contributed by atoms with Crippen LogP contribution in [0.25, 0.3) is 11.0 Å². The zero-order valence-corrected chi connectivity index (χ0v) is 17.4. The van der Waals surface area contributed by atoms with Crippen molar-refractivity contribution in [2.75, 3.05) is 0 Å². The summed E-state index contributed by atoms with van der Waals surface area (Å²) in [5, 5.41) is 32.1. The van der Waals surface area contributed by atoms with Crippen LogP contribution in [-0.4, -0.2) is 32.8 Å². The van der Waals surface area contributed by atoms with Gasteiger partial charge in [0.2, 0.25) is 0 Å². The molecule has 3 atom stereocenters. The second kappa shape index (κ2) is 7.46. The van der Waals surface area contributed by atoms with Gasteiger partial charge in [-0.25, -0.2) is 4.79 Å². The van der Waals surface area contributed by atoms with E-state index in [2.05, 4.69) is 0 Å². The molecule has 0 bridgehead atoms. The van der Waals surface area contributed by atoms with E-state index in [9.17, 15) is 24.9 Å². The smallest absolute Gasteiger partial charge is 0.336 e. The summed E-state index contributed by atoms with van der Waals surface area (Å²) in [7, 11) is 0. The fourth-order valence-corrected chi connectivity index (χ4v) is 3.68. The van der Waals surface area contributed by atoms with Crippen LogP contribution in [0.5, 0.6) is 11.5 Å². The van der Waals surface area contributed by atoms with Gasteiger partial charge in [-0.3, -0.25) is 4.79 Å². The Balaban J connectivity index is 2.42. The lowest BCUT2D eigenvalue weighted by molar-refractivity contribution is -0.0232. The number of hydrogen-bond acceptors (Lipinski definition) is 7. The predicted molar refractivity (Wildman–Crippen MR) is 108 cm³/mol. The summed E-state index contributed by atoms with van der Waals surface area (Å²) < 4.78 is 11.3. The number of phenols is 1. The number of fused-ring (bicyclic) bond motifs is 3. The molecule has 1 aliphatic rings. The molecule has 0 amide bonds. The minimum absolute atomic E-state index is 0.00648. The van der Waals surface area contributed by atoms with Gasteiger partial charge in [-0.2, -0.15) is 0 Å². The van der Waals surface area contributed by atoms with Crippen molar-refractivity contribution in [3.8, 4) is 11.5 Å².